The van der Waals surface area contributed by atoms with E-state index in [2.05, 4.69) is 9.97 Å². The van der Waals surface area contributed by atoms with E-state index in [0.29, 0.717) is 12.1 Å². The van der Waals surface area contributed by atoms with Crippen LogP contribution in [0.3, 0.4) is 0 Å². The summed E-state index contributed by atoms with van der Waals surface area (Å²) in [7, 11) is 0. The Labute approximate surface area is 58.4 Å². The molecule has 0 aliphatic heterocycles. The molecule has 0 fully saturated rings. The van der Waals surface area contributed by atoms with Crippen LogP contribution < -0.4 is 0 Å². The SMILES string of the molecule is O=CC=Cc1ncccn1. The van der Waals surface area contributed by atoms with Crippen molar-refractivity contribution in [1.29, 1.82) is 0 Å². The number of rotatable bonds is 2. The van der Waals surface area contributed by atoms with Crippen molar-refractivity contribution in [2.24, 2.45) is 0 Å². The van der Waals surface area contributed by atoms with Crippen molar-refractivity contribution >= 4 is 12.4 Å². The molecule has 0 radical (unpaired) electrons. The molecule has 1 aromatic rings. The van der Waals surface area contributed by atoms with Gasteiger partial charge in [0, 0.05) is 12.4 Å². The van der Waals surface area contributed by atoms with E-state index >= 15 is 0 Å². The number of hydrogen-bond donors (Lipinski definition) is 0. The van der Waals surface area contributed by atoms with Crippen LogP contribution in [-0.2, 0) is 4.79 Å². The number of nitrogens with zero attached hydrogens (tertiary/aromatic N) is 2. The lowest BCUT2D eigenvalue weighted by atomic mass is 10.5. The van der Waals surface area contributed by atoms with Crippen LogP contribution in [0, 0.1) is 0 Å². The maximum Gasteiger partial charge on any atom is 0.151 e. The first-order valence-corrected chi connectivity index (χ1v) is 2.82. The molecule has 0 aliphatic carbocycles. The zero-order valence-corrected chi connectivity index (χ0v) is 5.27. The molecule has 1 aromatic heterocycles. The highest BCUT2D eigenvalue weighted by Gasteiger charge is 1.82. The molecule has 0 spiro atoms. The predicted octanol–water partition coefficient (Wildman–Crippen LogP) is 0.689. The fraction of sp³-hybridized carbons (Fsp3) is 0. The zero-order valence-electron chi connectivity index (χ0n) is 5.27. The Balaban J connectivity index is 2.76. The van der Waals surface area contributed by atoms with Crippen LogP contribution in [0.25, 0.3) is 6.08 Å². The summed E-state index contributed by atoms with van der Waals surface area (Å²) in [6, 6.07) is 1.72. The van der Waals surface area contributed by atoms with Gasteiger partial charge in [0.05, 0.1) is 0 Å². The molecule has 3 heteroatoms. The third-order valence-electron chi connectivity index (χ3n) is 0.910. The van der Waals surface area contributed by atoms with Gasteiger partial charge in [-0.05, 0) is 18.2 Å². The Hall–Kier alpha value is -1.51. The average molecular weight is 134 g/mol. The molecule has 1 heterocycles. The highest BCUT2D eigenvalue weighted by molar-refractivity contribution is 5.72. The molecular weight excluding hydrogens is 128 g/mol. The molecule has 0 saturated heterocycles. The molecule has 0 aromatic carbocycles. The summed E-state index contributed by atoms with van der Waals surface area (Å²) >= 11 is 0. The zero-order chi connectivity index (χ0) is 7.23. The fourth-order valence-corrected chi connectivity index (χ4v) is 0.522. The number of hydrogen-bond acceptors (Lipinski definition) is 3. The van der Waals surface area contributed by atoms with E-state index in [9.17, 15) is 4.79 Å². The first-order chi connectivity index (χ1) is 4.93. The van der Waals surface area contributed by atoms with Crippen molar-refractivity contribution in [2.75, 3.05) is 0 Å². The molecular formula is C7H6N2O. The van der Waals surface area contributed by atoms with E-state index < -0.39 is 0 Å². The Morgan fingerprint density at radius 2 is 2.00 bits per heavy atom. The summed E-state index contributed by atoms with van der Waals surface area (Å²) in [4.78, 5) is 17.6. The highest BCUT2D eigenvalue weighted by atomic mass is 16.1. The maximum absolute atomic E-state index is 9.84. The van der Waals surface area contributed by atoms with Crippen LogP contribution >= 0.6 is 0 Å². The predicted molar refractivity (Wildman–Crippen MR) is 37.1 cm³/mol. The van der Waals surface area contributed by atoms with Gasteiger partial charge < -0.3 is 0 Å². The van der Waals surface area contributed by atoms with Crippen LogP contribution in [-0.4, -0.2) is 16.3 Å². The summed E-state index contributed by atoms with van der Waals surface area (Å²) in [6.45, 7) is 0. The molecule has 0 N–H and O–H groups in total. The smallest absolute Gasteiger partial charge is 0.151 e. The number of aldehydes is 1. The molecule has 0 atom stereocenters. The Kier molecular flexibility index (Phi) is 2.31. The van der Waals surface area contributed by atoms with Gasteiger partial charge in [-0.1, -0.05) is 0 Å². The van der Waals surface area contributed by atoms with E-state index in [1.54, 1.807) is 24.5 Å². The largest absolute Gasteiger partial charge is 0.299 e. The van der Waals surface area contributed by atoms with Gasteiger partial charge in [0.1, 0.15) is 6.29 Å². The monoisotopic (exact) mass is 134 g/mol. The highest BCUT2D eigenvalue weighted by Crippen LogP contribution is 1.88. The molecule has 0 amide bonds. The quantitative estimate of drug-likeness (QED) is 0.441. The van der Waals surface area contributed by atoms with Gasteiger partial charge in [0.25, 0.3) is 0 Å². The normalized spacial score (nSPS) is 10.0. The van der Waals surface area contributed by atoms with Crippen LogP contribution in [0.5, 0.6) is 0 Å². The molecule has 3 nitrogen and oxygen atoms in total. The standard InChI is InChI=1S/C7H6N2O/c10-6-1-3-7-8-4-2-5-9-7/h1-6H. The molecule has 0 aliphatic rings. The minimum absolute atomic E-state index is 0.551. The van der Waals surface area contributed by atoms with Crippen LogP contribution in [0.15, 0.2) is 24.5 Å². The second-order valence-corrected chi connectivity index (χ2v) is 1.60. The van der Waals surface area contributed by atoms with Crippen LogP contribution in [0.2, 0.25) is 0 Å². The van der Waals surface area contributed by atoms with Crippen molar-refractivity contribution in [1.82, 2.24) is 9.97 Å². The second kappa shape index (κ2) is 3.50. The number of aromatic nitrogens is 2. The van der Waals surface area contributed by atoms with Crippen LogP contribution in [0.4, 0.5) is 0 Å². The van der Waals surface area contributed by atoms with E-state index in [1.807, 2.05) is 0 Å². The van der Waals surface area contributed by atoms with E-state index in [1.165, 1.54) is 6.08 Å². The topological polar surface area (TPSA) is 42.9 Å². The van der Waals surface area contributed by atoms with Crippen LogP contribution in [0.1, 0.15) is 5.82 Å². The van der Waals surface area contributed by atoms with E-state index in [-0.39, 0.29) is 0 Å². The van der Waals surface area contributed by atoms with Crippen molar-refractivity contribution in [2.45, 2.75) is 0 Å². The Bertz CT molecular complexity index is 231. The summed E-state index contributed by atoms with van der Waals surface area (Å²) in [5.41, 5.74) is 0. The van der Waals surface area contributed by atoms with Crippen molar-refractivity contribution in [3.8, 4) is 0 Å². The lowest BCUT2D eigenvalue weighted by molar-refractivity contribution is -0.104. The number of carbonyl (C=O) groups is 1. The fourth-order valence-electron chi connectivity index (χ4n) is 0.522. The molecule has 0 bridgehead atoms. The van der Waals surface area contributed by atoms with Crippen molar-refractivity contribution in [3.63, 3.8) is 0 Å². The third-order valence-corrected chi connectivity index (χ3v) is 0.910. The molecule has 1 rings (SSSR count). The van der Waals surface area contributed by atoms with Gasteiger partial charge in [-0.25, -0.2) is 9.97 Å². The summed E-state index contributed by atoms with van der Waals surface area (Å²) < 4.78 is 0. The molecule has 50 valence electrons. The lowest BCUT2D eigenvalue weighted by Gasteiger charge is -1.85. The first-order valence-electron chi connectivity index (χ1n) is 2.82. The lowest BCUT2D eigenvalue weighted by Crippen LogP contribution is -1.82. The van der Waals surface area contributed by atoms with Crippen molar-refractivity contribution < 1.29 is 4.79 Å². The summed E-state index contributed by atoms with van der Waals surface area (Å²) in [5.74, 6) is 0.551. The summed E-state index contributed by atoms with van der Waals surface area (Å²) in [5, 5.41) is 0. The maximum atomic E-state index is 9.84. The molecule has 0 saturated carbocycles. The number of carbonyl (C=O) groups excluding carboxylic acids is 1. The Morgan fingerprint density at radius 1 is 1.30 bits per heavy atom. The number of allylic oxidation sites excluding steroid dienone is 1. The van der Waals surface area contributed by atoms with Gasteiger partial charge in [0.2, 0.25) is 0 Å². The molecule has 0 unspecified atom stereocenters. The van der Waals surface area contributed by atoms with Gasteiger partial charge in [-0.3, -0.25) is 4.79 Å². The van der Waals surface area contributed by atoms with Gasteiger partial charge in [-0.15, -0.1) is 0 Å². The third kappa shape index (κ3) is 1.78. The van der Waals surface area contributed by atoms with Gasteiger partial charge in [0.15, 0.2) is 5.82 Å². The van der Waals surface area contributed by atoms with Crippen molar-refractivity contribution in [3.05, 3.63) is 30.4 Å². The first kappa shape index (κ1) is 6.61. The minimum atomic E-state index is 0.551. The van der Waals surface area contributed by atoms with E-state index in [0.717, 1.165) is 0 Å². The summed E-state index contributed by atoms with van der Waals surface area (Å²) in [6.07, 6.45) is 6.84. The van der Waals surface area contributed by atoms with Gasteiger partial charge in [-0.2, -0.15) is 0 Å². The van der Waals surface area contributed by atoms with Gasteiger partial charge >= 0.3 is 0 Å². The van der Waals surface area contributed by atoms with E-state index in [4.69, 9.17) is 0 Å². The second-order valence-electron chi connectivity index (χ2n) is 1.60. The Morgan fingerprint density at radius 3 is 2.60 bits per heavy atom. The molecule has 10 heavy (non-hydrogen) atoms. The average Bonchev–Trinajstić information content (AvgIpc) is 2.03. The minimum Gasteiger partial charge on any atom is -0.299 e.